The molecule has 0 aliphatic heterocycles. The number of carbonyl (C=O) groups excluding carboxylic acids is 2. The number of hydrazone groups is 1. The Hall–Kier alpha value is -3.19. The average molecular weight is 468 g/mol. The lowest BCUT2D eigenvalue weighted by Crippen LogP contribution is -2.17. The van der Waals surface area contributed by atoms with E-state index in [4.69, 9.17) is 23.2 Å². The van der Waals surface area contributed by atoms with Crippen molar-refractivity contribution in [2.45, 2.75) is 0 Å². The number of thiophene rings is 1. The van der Waals surface area contributed by atoms with Crippen molar-refractivity contribution in [1.82, 2.24) is 5.43 Å². The maximum Gasteiger partial charge on any atom is 0.271 e. The zero-order valence-corrected chi connectivity index (χ0v) is 18.3. The van der Waals surface area contributed by atoms with Crippen molar-refractivity contribution in [3.05, 3.63) is 98.8 Å². The van der Waals surface area contributed by atoms with Crippen molar-refractivity contribution in [2.24, 2.45) is 5.10 Å². The van der Waals surface area contributed by atoms with Crippen LogP contribution in [0.3, 0.4) is 0 Å². The van der Waals surface area contributed by atoms with Gasteiger partial charge in [0.05, 0.1) is 11.2 Å². The number of hydrogen-bond donors (Lipinski definition) is 2. The summed E-state index contributed by atoms with van der Waals surface area (Å²) in [6.07, 6.45) is 1.56. The summed E-state index contributed by atoms with van der Waals surface area (Å²) >= 11 is 13.7. The third-order valence-electron chi connectivity index (χ3n) is 4.38. The smallest absolute Gasteiger partial charge is 0.271 e. The van der Waals surface area contributed by atoms with E-state index < -0.39 is 0 Å². The van der Waals surface area contributed by atoms with E-state index in [-0.39, 0.29) is 11.8 Å². The van der Waals surface area contributed by atoms with E-state index in [9.17, 15) is 9.59 Å². The molecule has 2 amide bonds. The molecule has 0 saturated carbocycles. The molecule has 4 aromatic rings. The van der Waals surface area contributed by atoms with Crippen molar-refractivity contribution in [3.8, 4) is 0 Å². The molecule has 31 heavy (non-hydrogen) atoms. The highest BCUT2D eigenvalue weighted by atomic mass is 35.5. The number of amides is 2. The van der Waals surface area contributed by atoms with Crippen LogP contribution in [-0.2, 0) is 0 Å². The van der Waals surface area contributed by atoms with Gasteiger partial charge in [-0.2, -0.15) is 5.10 Å². The molecule has 0 aliphatic rings. The molecule has 154 valence electrons. The standard InChI is InChI=1S/C23H15Cl2N3O2S/c24-16-8-11-18-19(12-16)31-21(20(18)25)23(30)27-17-9-6-15(7-10-17)22(29)28-26-13-14-4-2-1-3-5-14/h1-13H,(H,27,30)(H,28,29)/b26-13-. The van der Waals surface area contributed by atoms with Crippen LogP contribution >= 0.6 is 34.5 Å². The molecule has 5 nitrogen and oxygen atoms in total. The lowest BCUT2D eigenvalue weighted by Gasteiger charge is -2.05. The minimum Gasteiger partial charge on any atom is -0.321 e. The zero-order chi connectivity index (χ0) is 21.8. The summed E-state index contributed by atoms with van der Waals surface area (Å²) in [5.41, 5.74) is 4.31. The predicted octanol–water partition coefficient (Wildman–Crippen LogP) is 6.22. The summed E-state index contributed by atoms with van der Waals surface area (Å²) in [6, 6.07) is 21.2. The maximum absolute atomic E-state index is 12.7. The van der Waals surface area contributed by atoms with Gasteiger partial charge in [0, 0.05) is 26.4 Å². The van der Waals surface area contributed by atoms with E-state index >= 15 is 0 Å². The van der Waals surface area contributed by atoms with Gasteiger partial charge in [0.1, 0.15) is 4.88 Å². The number of halogens is 2. The molecule has 0 unspecified atom stereocenters. The first-order valence-electron chi connectivity index (χ1n) is 9.19. The molecule has 3 aromatic carbocycles. The molecule has 0 spiro atoms. The van der Waals surface area contributed by atoms with Gasteiger partial charge in [-0.3, -0.25) is 9.59 Å². The van der Waals surface area contributed by atoms with Crippen LogP contribution in [0.1, 0.15) is 25.6 Å². The van der Waals surface area contributed by atoms with E-state index in [1.165, 1.54) is 11.3 Å². The molecule has 4 rings (SSSR count). The quantitative estimate of drug-likeness (QED) is 0.270. The Morgan fingerprint density at radius 1 is 0.903 bits per heavy atom. The summed E-state index contributed by atoms with van der Waals surface area (Å²) < 4.78 is 0.839. The number of rotatable bonds is 5. The van der Waals surface area contributed by atoms with Gasteiger partial charge in [-0.05, 0) is 42.0 Å². The number of nitrogens with one attached hydrogen (secondary N) is 2. The predicted molar refractivity (Wildman–Crippen MR) is 128 cm³/mol. The number of benzene rings is 3. The average Bonchev–Trinajstić information content (AvgIpc) is 3.10. The molecule has 1 heterocycles. The van der Waals surface area contributed by atoms with Crippen LogP contribution in [0.25, 0.3) is 10.1 Å². The second-order valence-corrected chi connectivity index (χ2v) is 8.39. The van der Waals surface area contributed by atoms with Crippen molar-refractivity contribution < 1.29 is 9.59 Å². The van der Waals surface area contributed by atoms with Crippen molar-refractivity contribution in [2.75, 3.05) is 5.32 Å². The molecule has 0 bridgehead atoms. The van der Waals surface area contributed by atoms with E-state index in [1.54, 1.807) is 48.7 Å². The van der Waals surface area contributed by atoms with Crippen LogP contribution in [0.4, 0.5) is 5.69 Å². The minimum atomic E-state index is -0.352. The van der Waals surface area contributed by atoms with Crippen LogP contribution in [0, 0.1) is 0 Å². The maximum atomic E-state index is 12.7. The highest BCUT2D eigenvalue weighted by Crippen LogP contribution is 2.37. The highest BCUT2D eigenvalue weighted by molar-refractivity contribution is 7.21. The third kappa shape index (κ3) is 4.94. The topological polar surface area (TPSA) is 70.6 Å². The van der Waals surface area contributed by atoms with Gasteiger partial charge in [-0.1, -0.05) is 59.6 Å². The molecular weight excluding hydrogens is 453 g/mol. The largest absolute Gasteiger partial charge is 0.321 e. The second-order valence-electron chi connectivity index (χ2n) is 6.53. The fraction of sp³-hybridized carbons (Fsp3) is 0. The first-order valence-corrected chi connectivity index (χ1v) is 10.8. The van der Waals surface area contributed by atoms with Gasteiger partial charge in [0.25, 0.3) is 11.8 Å². The first-order chi connectivity index (χ1) is 15.0. The van der Waals surface area contributed by atoms with Gasteiger partial charge in [-0.15, -0.1) is 11.3 Å². The van der Waals surface area contributed by atoms with Crippen LogP contribution in [0.2, 0.25) is 10.0 Å². The third-order valence-corrected chi connectivity index (χ3v) is 6.27. The molecule has 8 heteroatoms. The van der Waals surface area contributed by atoms with Crippen LogP contribution < -0.4 is 10.7 Å². The number of anilines is 1. The van der Waals surface area contributed by atoms with Gasteiger partial charge in [0.15, 0.2) is 0 Å². The fourth-order valence-corrected chi connectivity index (χ4v) is 4.54. The summed E-state index contributed by atoms with van der Waals surface area (Å²) in [7, 11) is 0. The second kappa shape index (κ2) is 9.31. The molecule has 2 N–H and O–H groups in total. The van der Waals surface area contributed by atoms with E-state index in [0.717, 1.165) is 15.6 Å². The Bertz CT molecular complexity index is 1290. The van der Waals surface area contributed by atoms with Crippen molar-refractivity contribution in [3.63, 3.8) is 0 Å². The summed E-state index contributed by atoms with van der Waals surface area (Å²) in [6.45, 7) is 0. The number of nitrogens with zero attached hydrogens (tertiary/aromatic N) is 1. The van der Waals surface area contributed by atoms with Gasteiger partial charge in [0.2, 0.25) is 0 Å². The highest BCUT2D eigenvalue weighted by Gasteiger charge is 2.17. The molecule has 0 aliphatic carbocycles. The lowest BCUT2D eigenvalue weighted by atomic mass is 10.2. The van der Waals surface area contributed by atoms with E-state index in [1.807, 2.05) is 30.3 Å². The lowest BCUT2D eigenvalue weighted by molar-refractivity contribution is 0.0954. The summed E-state index contributed by atoms with van der Waals surface area (Å²) in [5, 5.41) is 8.50. The Labute approximate surface area is 192 Å². The van der Waals surface area contributed by atoms with Gasteiger partial charge >= 0.3 is 0 Å². The SMILES string of the molecule is O=C(N/N=C\c1ccccc1)c1ccc(NC(=O)c2sc3cc(Cl)ccc3c2Cl)cc1. The normalized spacial score (nSPS) is 11.0. The van der Waals surface area contributed by atoms with E-state index in [2.05, 4.69) is 15.8 Å². The Morgan fingerprint density at radius 2 is 1.65 bits per heavy atom. The van der Waals surface area contributed by atoms with E-state index in [0.29, 0.717) is 26.2 Å². The number of hydrogen-bond acceptors (Lipinski definition) is 4. The minimum absolute atomic E-state index is 0.327. The molecule has 0 radical (unpaired) electrons. The first kappa shape index (κ1) is 21.1. The van der Waals surface area contributed by atoms with Crippen molar-refractivity contribution in [1.29, 1.82) is 0 Å². The number of carbonyl (C=O) groups is 2. The molecule has 0 fully saturated rings. The van der Waals surface area contributed by atoms with Crippen LogP contribution in [0.15, 0.2) is 77.9 Å². The molecule has 0 saturated heterocycles. The molecule has 1 aromatic heterocycles. The fourth-order valence-electron chi connectivity index (χ4n) is 2.85. The zero-order valence-electron chi connectivity index (χ0n) is 15.9. The monoisotopic (exact) mass is 467 g/mol. The number of fused-ring (bicyclic) bond motifs is 1. The van der Waals surface area contributed by atoms with Gasteiger partial charge < -0.3 is 5.32 Å². The van der Waals surface area contributed by atoms with Crippen molar-refractivity contribution >= 4 is 68.3 Å². The summed E-state index contributed by atoms with van der Waals surface area (Å²) in [4.78, 5) is 25.3. The van der Waals surface area contributed by atoms with Gasteiger partial charge in [-0.25, -0.2) is 5.43 Å². The Balaban J connectivity index is 1.41. The Morgan fingerprint density at radius 3 is 2.39 bits per heavy atom. The molecular formula is C23H15Cl2N3O2S. The Kier molecular flexibility index (Phi) is 6.32. The van der Waals surface area contributed by atoms with Crippen LogP contribution in [0.5, 0.6) is 0 Å². The van der Waals surface area contributed by atoms with Crippen LogP contribution in [-0.4, -0.2) is 18.0 Å². The summed E-state index contributed by atoms with van der Waals surface area (Å²) in [5.74, 6) is -0.679. The molecule has 0 atom stereocenters.